The van der Waals surface area contributed by atoms with E-state index in [4.69, 9.17) is 14.0 Å². The Kier molecular flexibility index (Phi) is 3.34. The van der Waals surface area contributed by atoms with Crippen molar-refractivity contribution in [3.63, 3.8) is 0 Å². The summed E-state index contributed by atoms with van der Waals surface area (Å²) < 4.78 is 16.6. The smallest absolute Gasteiger partial charge is 0.277 e. The van der Waals surface area contributed by atoms with Crippen molar-refractivity contribution in [2.24, 2.45) is 0 Å². The van der Waals surface area contributed by atoms with Crippen molar-refractivity contribution in [2.75, 3.05) is 13.2 Å². The van der Waals surface area contributed by atoms with Gasteiger partial charge >= 0.3 is 0 Å². The molecule has 6 nitrogen and oxygen atoms in total. The van der Waals surface area contributed by atoms with E-state index in [2.05, 4.69) is 21.2 Å². The van der Waals surface area contributed by atoms with Gasteiger partial charge in [0.25, 0.3) is 5.89 Å². The minimum atomic E-state index is 0.114. The first-order valence-corrected chi connectivity index (χ1v) is 8.92. The normalized spacial score (nSPS) is 19.4. The first-order chi connectivity index (χ1) is 11.9. The first kappa shape index (κ1) is 14.1. The lowest BCUT2D eigenvalue weighted by Crippen LogP contribution is -1.94. The molecule has 0 amide bonds. The summed E-state index contributed by atoms with van der Waals surface area (Å²) >= 11 is 1.58. The Morgan fingerprint density at radius 2 is 2.17 bits per heavy atom. The summed E-state index contributed by atoms with van der Waals surface area (Å²) in [6.07, 6.45) is 3.15. The van der Waals surface area contributed by atoms with Gasteiger partial charge in [-0.2, -0.15) is 4.98 Å². The van der Waals surface area contributed by atoms with Crippen LogP contribution in [0.5, 0.6) is 5.75 Å². The van der Waals surface area contributed by atoms with Crippen LogP contribution in [0.15, 0.2) is 28.1 Å². The van der Waals surface area contributed by atoms with E-state index >= 15 is 0 Å². The minimum Gasteiger partial charge on any atom is -0.493 e. The van der Waals surface area contributed by atoms with E-state index in [-0.39, 0.29) is 6.10 Å². The molecule has 0 unspecified atom stereocenters. The van der Waals surface area contributed by atoms with Gasteiger partial charge in [-0.05, 0) is 36.6 Å². The zero-order valence-corrected chi connectivity index (χ0v) is 13.7. The van der Waals surface area contributed by atoms with Gasteiger partial charge in [-0.25, -0.2) is 4.98 Å². The maximum Gasteiger partial charge on any atom is 0.277 e. The van der Waals surface area contributed by atoms with Crippen LogP contribution < -0.4 is 4.74 Å². The molecule has 1 fully saturated rings. The minimum absolute atomic E-state index is 0.114. The number of rotatable bonds is 3. The van der Waals surface area contributed by atoms with E-state index in [0.717, 1.165) is 48.8 Å². The van der Waals surface area contributed by atoms with Crippen molar-refractivity contribution in [1.29, 1.82) is 0 Å². The van der Waals surface area contributed by atoms with Gasteiger partial charge in [0, 0.05) is 24.0 Å². The van der Waals surface area contributed by atoms with Crippen LogP contribution in [0.2, 0.25) is 0 Å². The van der Waals surface area contributed by atoms with Gasteiger partial charge in [0.05, 0.1) is 6.61 Å². The van der Waals surface area contributed by atoms with Crippen molar-refractivity contribution in [1.82, 2.24) is 15.1 Å². The molecule has 1 aromatic carbocycles. The van der Waals surface area contributed by atoms with Crippen LogP contribution in [0, 0.1) is 0 Å². The fraction of sp³-hybridized carbons (Fsp3) is 0.353. The Morgan fingerprint density at radius 1 is 1.17 bits per heavy atom. The van der Waals surface area contributed by atoms with Crippen LogP contribution in [0.25, 0.3) is 23.0 Å². The molecule has 0 radical (unpaired) electrons. The van der Waals surface area contributed by atoms with Crippen LogP contribution in [0.3, 0.4) is 0 Å². The molecule has 1 atom stereocenters. The number of hydrogen-bond donors (Lipinski definition) is 0. The fourth-order valence-electron chi connectivity index (χ4n) is 3.08. The predicted octanol–water partition coefficient (Wildman–Crippen LogP) is 3.65. The SMILES string of the molecule is c1cc2c(cc1-c1noc(-c3csc([C@@H]4CCCO4)n3)n1)CCO2. The molecule has 1 saturated heterocycles. The quantitative estimate of drug-likeness (QED) is 0.724. The van der Waals surface area contributed by atoms with Crippen LogP contribution in [-0.4, -0.2) is 28.3 Å². The van der Waals surface area contributed by atoms with Crippen LogP contribution in [0.1, 0.15) is 29.5 Å². The molecule has 24 heavy (non-hydrogen) atoms. The second kappa shape index (κ2) is 5.68. The number of benzene rings is 1. The molecule has 2 aliphatic rings. The standard InChI is InChI=1S/C17H15N3O3S/c1-2-14(21-6-1)17-18-12(9-24-17)16-19-15(20-23-16)11-3-4-13-10(8-11)5-7-22-13/h3-4,8-9,14H,1-2,5-7H2/t14-/m0/s1. The number of aromatic nitrogens is 3. The lowest BCUT2D eigenvalue weighted by Gasteiger charge is -2.02. The Morgan fingerprint density at radius 3 is 3.08 bits per heavy atom. The van der Waals surface area contributed by atoms with Crippen LogP contribution in [-0.2, 0) is 11.2 Å². The van der Waals surface area contributed by atoms with E-state index in [9.17, 15) is 0 Å². The monoisotopic (exact) mass is 341 g/mol. The Labute approximate surface area is 142 Å². The average Bonchev–Trinajstić information content (AvgIpc) is 3.41. The third-order valence-corrected chi connectivity index (χ3v) is 5.26. The maximum atomic E-state index is 5.67. The molecular weight excluding hydrogens is 326 g/mol. The topological polar surface area (TPSA) is 70.3 Å². The van der Waals surface area contributed by atoms with Gasteiger partial charge in [0.1, 0.15) is 22.6 Å². The lowest BCUT2D eigenvalue weighted by atomic mass is 10.1. The highest BCUT2D eigenvalue weighted by atomic mass is 32.1. The van der Waals surface area contributed by atoms with E-state index < -0.39 is 0 Å². The van der Waals surface area contributed by atoms with Crippen LogP contribution >= 0.6 is 11.3 Å². The zero-order valence-electron chi connectivity index (χ0n) is 12.9. The highest BCUT2D eigenvalue weighted by molar-refractivity contribution is 7.10. The summed E-state index contributed by atoms with van der Waals surface area (Å²) in [6, 6.07) is 5.99. The van der Waals surface area contributed by atoms with Gasteiger partial charge in [0.15, 0.2) is 0 Å². The molecule has 122 valence electrons. The molecule has 0 aliphatic carbocycles. The largest absolute Gasteiger partial charge is 0.493 e. The molecule has 4 heterocycles. The van der Waals surface area contributed by atoms with Gasteiger partial charge in [-0.1, -0.05) is 5.16 Å². The van der Waals surface area contributed by atoms with Crippen molar-refractivity contribution >= 4 is 11.3 Å². The molecule has 3 aromatic rings. The summed E-state index contributed by atoms with van der Waals surface area (Å²) in [4.78, 5) is 9.11. The molecular formula is C17H15N3O3S. The fourth-order valence-corrected chi connectivity index (χ4v) is 3.95. The summed E-state index contributed by atoms with van der Waals surface area (Å²) in [5.41, 5.74) is 2.84. The molecule has 2 aromatic heterocycles. The summed E-state index contributed by atoms with van der Waals surface area (Å²) in [6.45, 7) is 1.55. The number of ether oxygens (including phenoxy) is 2. The van der Waals surface area contributed by atoms with Gasteiger partial charge in [-0.15, -0.1) is 11.3 Å². The van der Waals surface area contributed by atoms with E-state index in [1.54, 1.807) is 11.3 Å². The Bertz CT molecular complexity index is 883. The number of fused-ring (bicyclic) bond motifs is 1. The second-order valence-electron chi connectivity index (χ2n) is 5.92. The Balaban J connectivity index is 1.43. The molecule has 0 N–H and O–H groups in total. The molecule has 2 aliphatic heterocycles. The number of thiazole rings is 1. The van der Waals surface area contributed by atoms with Gasteiger partial charge in [-0.3, -0.25) is 0 Å². The maximum absolute atomic E-state index is 5.67. The average molecular weight is 341 g/mol. The number of hydrogen-bond acceptors (Lipinski definition) is 7. The van der Waals surface area contributed by atoms with Crippen molar-refractivity contribution < 1.29 is 14.0 Å². The summed E-state index contributed by atoms with van der Waals surface area (Å²) in [5, 5.41) is 7.03. The highest BCUT2D eigenvalue weighted by Gasteiger charge is 2.23. The first-order valence-electron chi connectivity index (χ1n) is 8.04. The van der Waals surface area contributed by atoms with E-state index in [1.807, 2.05) is 17.5 Å². The van der Waals surface area contributed by atoms with E-state index in [1.165, 1.54) is 5.56 Å². The van der Waals surface area contributed by atoms with Gasteiger partial charge < -0.3 is 14.0 Å². The van der Waals surface area contributed by atoms with Crippen molar-refractivity contribution in [3.05, 3.63) is 34.2 Å². The van der Waals surface area contributed by atoms with Gasteiger partial charge in [0.2, 0.25) is 5.82 Å². The molecule has 0 saturated carbocycles. The highest BCUT2D eigenvalue weighted by Crippen LogP contribution is 2.34. The summed E-state index contributed by atoms with van der Waals surface area (Å²) in [5.74, 6) is 1.97. The van der Waals surface area contributed by atoms with Crippen molar-refractivity contribution in [3.8, 4) is 28.7 Å². The van der Waals surface area contributed by atoms with Crippen molar-refractivity contribution in [2.45, 2.75) is 25.4 Å². The van der Waals surface area contributed by atoms with Crippen LogP contribution in [0.4, 0.5) is 0 Å². The second-order valence-corrected chi connectivity index (χ2v) is 6.81. The zero-order chi connectivity index (χ0) is 15.9. The molecule has 5 rings (SSSR count). The predicted molar refractivity (Wildman–Crippen MR) is 88.0 cm³/mol. The Hall–Kier alpha value is -2.25. The number of nitrogens with zero attached hydrogens (tertiary/aromatic N) is 3. The molecule has 7 heteroatoms. The lowest BCUT2D eigenvalue weighted by molar-refractivity contribution is 0.112. The third kappa shape index (κ3) is 2.40. The third-order valence-electron chi connectivity index (χ3n) is 4.32. The van der Waals surface area contributed by atoms with E-state index in [0.29, 0.717) is 17.4 Å². The summed E-state index contributed by atoms with van der Waals surface area (Å²) in [7, 11) is 0. The molecule has 0 spiro atoms. The molecule has 0 bridgehead atoms.